The van der Waals surface area contributed by atoms with E-state index in [1.807, 2.05) is 13.8 Å². The fourth-order valence-corrected chi connectivity index (χ4v) is 3.27. The molecule has 2 N–H and O–H groups in total. The molecule has 2 aliphatic rings. The predicted octanol–water partition coefficient (Wildman–Crippen LogP) is 5.14. The van der Waals surface area contributed by atoms with Gasteiger partial charge in [-0.15, -0.1) is 0 Å². The van der Waals surface area contributed by atoms with Crippen LogP contribution in [-0.2, 0) is 0 Å². The highest BCUT2D eigenvalue weighted by Gasteiger charge is 2.23. The van der Waals surface area contributed by atoms with Crippen LogP contribution in [0.3, 0.4) is 0 Å². The molecule has 0 spiro atoms. The monoisotopic (exact) mass is 374 g/mol. The number of hydrogen-bond donors (Lipinski definition) is 2. The van der Waals surface area contributed by atoms with E-state index in [9.17, 15) is 0 Å². The minimum Gasteiger partial charge on any atom is -0.383 e. The van der Waals surface area contributed by atoms with Crippen LogP contribution in [0.1, 0.15) is 43.9 Å². The summed E-state index contributed by atoms with van der Waals surface area (Å²) in [6, 6.07) is 9.14. The number of aryl methyl sites for hydroxylation is 1. The molecule has 0 aromatic heterocycles. The van der Waals surface area contributed by atoms with Crippen molar-refractivity contribution in [3.8, 4) is 0 Å². The minimum absolute atomic E-state index is 0.285. The molecule has 1 aromatic carbocycles. The van der Waals surface area contributed by atoms with Crippen LogP contribution >= 0.6 is 15.9 Å². The molecular formula is C20H27BrN2. The van der Waals surface area contributed by atoms with Gasteiger partial charge in [-0.2, -0.15) is 0 Å². The third kappa shape index (κ3) is 4.82. The first-order valence-electron chi connectivity index (χ1n) is 8.52. The van der Waals surface area contributed by atoms with Gasteiger partial charge >= 0.3 is 0 Å². The normalized spacial score (nSPS) is 24.5. The maximum Gasteiger partial charge on any atom is 0.0725 e. The van der Waals surface area contributed by atoms with Crippen molar-refractivity contribution >= 4 is 15.9 Å². The van der Waals surface area contributed by atoms with Crippen molar-refractivity contribution in [3.05, 3.63) is 69.4 Å². The van der Waals surface area contributed by atoms with Crippen LogP contribution in [0.5, 0.6) is 0 Å². The Morgan fingerprint density at radius 1 is 1.13 bits per heavy atom. The average Bonchev–Trinajstić information content (AvgIpc) is 2.68. The summed E-state index contributed by atoms with van der Waals surface area (Å²) in [6.45, 7) is 8.04. The first-order chi connectivity index (χ1) is 11.2. The second kappa shape index (κ2) is 9.09. The van der Waals surface area contributed by atoms with Gasteiger partial charge in [-0.25, -0.2) is 0 Å². The Balaban J connectivity index is 0.000000924. The van der Waals surface area contributed by atoms with Gasteiger partial charge in [0.05, 0.1) is 6.04 Å². The highest BCUT2D eigenvalue weighted by Crippen LogP contribution is 2.30. The molecule has 3 rings (SSSR count). The molecule has 1 unspecified atom stereocenters. The first-order valence-corrected chi connectivity index (χ1v) is 9.31. The standard InChI is InChI=1S/C18H21BrN2.C2H6/c1-13-4-6-14(7-5-13)17-18-15(10-12-21-17)8-9-16(19)3-2-11-20-18;1-2/h2-7,9,17,20-21H,8,10-12H2,1H3;1-2H3/b3-2-,16-9+;. The van der Waals surface area contributed by atoms with E-state index in [4.69, 9.17) is 0 Å². The SMILES string of the molecule is CC.Cc1ccc(C2NCCC3=C2NC/C=C\C(Br)=C/C3)cc1. The largest absolute Gasteiger partial charge is 0.383 e. The molecule has 0 bridgehead atoms. The maximum atomic E-state index is 3.66. The lowest BCUT2D eigenvalue weighted by molar-refractivity contribution is 0.518. The van der Waals surface area contributed by atoms with Gasteiger partial charge in [-0.1, -0.05) is 77.8 Å². The average molecular weight is 375 g/mol. The highest BCUT2D eigenvalue weighted by molar-refractivity contribution is 9.11. The summed E-state index contributed by atoms with van der Waals surface area (Å²) < 4.78 is 1.17. The van der Waals surface area contributed by atoms with Gasteiger partial charge in [0.2, 0.25) is 0 Å². The number of nitrogens with one attached hydrogen (secondary N) is 2. The summed E-state index contributed by atoms with van der Waals surface area (Å²) in [5.74, 6) is 0. The molecule has 124 valence electrons. The zero-order valence-electron chi connectivity index (χ0n) is 14.3. The Kier molecular flexibility index (Phi) is 7.13. The molecule has 0 fully saturated rings. The predicted molar refractivity (Wildman–Crippen MR) is 104 cm³/mol. The van der Waals surface area contributed by atoms with Gasteiger partial charge < -0.3 is 10.6 Å². The van der Waals surface area contributed by atoms with Gasteiger partial charge in [-0.3, -0.25) is 0 Å². The second-order valence-electron chi connectivity index (χ2n) is 5.64. The third-order valence-electron chi connectivity index (χ3n) is 4.09. The van der Waals surface area contributed by atoms with Crippen molar-refractivity contribution < 1.29 is 0 Å². The van der Waals surface area contributed by atoms with E-state index in [-0.39, 0.29) is 6.04 Å². The molecule has 2 aliphatic heterocycles. The van der Waals surface area contributed by atoms with E-state index >= 15 is 0 Å². The van der Waals surface area contributed by atoms with Gasteiger partial charge in [0.25, 0.3) is 0 Å². The van der Waals surface area contributed by atoms with Crippen LogP contribution < -0.4 is 10.6 Å². The Morgan fingerprint density at radius 3 is 2.61 bits per heavy atom. The summed E-state index contributed by atoms with van der Waals surface area (Å²) in [5.41, 5.74) is 5.51. The fraction of sp³-hybridized carbons (Fsp3) is 0.400. The molecule has 1 atom stereocenters. The van der Waals surface area contributed by atoms with Gasteiger partial charge in [0.15, 0.2) is 0 Å². The zero-order valence-corrected chi connectivity index (χ0v) is 15.9. The highest BCUT2D eigenvalue weighted by atomic mass is 79.9. The number of rotatable bonds is 1. The zero-order chi connectivity index (χ0) is 16.7. The molecule has 0 amide bonds. The number of halogens is 1. The Labute approximate surface area is 148 Å². The molecule has 0 saturated heterocycles. The van der Waals surface area contributed by atoms with Gasteiger partial charge in [-0.05, 0) is 37.4 Å². The molecule has 1 aromatic rings. The quantitative estimate of drug-likeness (QED) is 0.710. The molecule has 23 heavy (non-hydrogen) atoms. The molecule has 3 heteroatoms. The van der Waals surface area contributed by atoms with Gasteiger partial charge in [0.1, 0.15) is 0 Å². The van der Waals surface area contributed by atoms with E-state index in [1.165, 1.54) is 26.9 Å². The first kappa shape index (κ1) is 18.0. The topological polar surface area (TPSA) is 24.1 Å². The minimum atomic E-state index is 0.285. The summed E-state index contributed by atoms with van der Waals surface area (Å²) in [7, 11) is 0. The van der Waals surface area contributed by atoms with Crippen LogP contribution in [0.25, 0.3) is 0 Å². The van der Waals surface area contributed by atoms with Crippen LogP contribution in [-0.4, -0.2) is 13.1 Å². The van der Waals surface area contributed by atoms with Crippen molar-refractivity contribution in [2.24, 2.45) is 0 Å². The van der Waals surface area contributed by atoms with Crippen LogP contribution in [0.15, 0.2) is 58.2 Å². The number of benzene rings is 1. The van der Waals surface area contributed by atoms with E-state index in [2.05, 4.69) is 76.0 Å². The Hall–Kier alpha value is -1.32. The van der Waals surface area contributed by atoms with Crippen LogP contribution in [0.4, 0.5) is 0 Å². The van der Waals surface area contributed by atoms with Crippen molar-refractivity contribution in [1.29, 1.82) is 0 Å². The lowest BCUT2D eigenvalue weighted by Gasteiger charge is -2.31. The molecule has 2 heterocycles. The summed E-state index contributed by atoms with van der Waals surface area (Å²) in [6.07, 6.45) is 8.67. The van der Waals surface area contributed by atoms with E-state index < -0.39 is 0 Å². The Morgan fingerprint density at radius 2 is 1.87 bits per heavy atom. The fourth-order valence-electron chi connectivity index (χ4n) is 2.92. The van der Waals surface area contributed by atoms with Crippen molar-refractivity contribution in [1.82, 2.24) is 10.6 Å². The molecule has 0 aliphatic carbocycles. The van der Waals surface area contributed by atoms with E-state index in [0.29, 0.717) is 0 Å². The Bertz CT molecular complexity index is 597. The van der Waals surface area contributed by atoms with Crippen LogP contribution in [0.2, 0.25) is 0 Å². The van der Waals surface area contributed by atoms with E-state index in [1.54, 1.807) is 0 Å². The summed E-state index contributed by atoms with van der Waals surface area (Å²) >= 11 is 3.60. The molecule has 2 nitrogen and oxygen atoms in total. The van der Waals surface area contributed by atoms with Crippen molar-refractivity contribution in [2.45, 2.75) is 39.7 Å². The van der Waals surface area contributed by atoms with E-state index in [0.717, 1.165) is 25.9 Å². The lowest BCUT2D eigenvalue weighted by Crippen LogP contribution is -2.35. The smallest absolute Gasteiger partial charge is 0.0725 e. The van der Waals surface area contributed by atoms with Crippen LogP contribution in [0, 0.1) is 6.92 Å². The second-order valence-corrected chi connectivity index (χ2v) is 6.56. The lowest BCUT2D eigenvalue weighted by atomic mass is 9.92. The molecule has 0 radical (unpaired) electrons. The summed E-state index contributed by atoms with van der Waals surface area (Å²) in [4.78, 5) is 0. The van der Waals surface area contributed by atoms with Crippen molar-refractivity contribution in [3.63, 3.8) is 0 Å². The number of hydrogen-bond acceptors (Lipinski definition) is 2. The summed E-state index contributed by atoms with van der Waals surface area (Å²) in [5, 5.41) is 7.28. The third-order valence-corrected chi connectivity index (χ3v) is 4.67. The molecular weight excluding hydrogens is 348 g/mol. The number of allylic oxidation sites excluding steroid dienone is 3. The maximum absolute atomic E-state index is 3.66. The molecule has 0 saturated carbocycles. The van der Waals surface area contributed by atoms with Gasteiger partial charge in [0, 0.05) is 16.7 Å². The van der Waals surface area contributed by atoms with Crippen molar-refractivity contribution in [2.75, 3.05) is 13.1 Å².